The molecule has 19 heavy (non-hydrogen) atoms. The monoisotopic (exact) mass is 286 g/mol. The number of alkyl halides is 3. The topological polar surface area (TPSA) is 52.8 Å². The Hall–Kier alpha value is -0.410. The van der Waals surface area contributed by atoms with Crippen molar-refractivity contribution in [2.75, 3.05) is 46.2 Å². The Labute approximate surface area is 108 Å². The number of ether oxygens (including phenoxy) is 5. The molecule has 0 aromatic carbocycles. The van der Waals surface area contributed by atoms with Crippen LogP contribution in [0.2, 0.25) is 0 Å². The van der Waals surface area contributed by atoms with Gasteiger partial charge in [-0.05, 0) is 0 Å². The zero-order valence-corrected chi connectivity index (χ0v) is 10.4. The van der Waals surface area contributed by atoms with Crippen LogP contribution in [0, 0.1) is 0 Å². The van der Waals surface area contributed by atoms with E-state index in [4.69, 9.17) is 18.9 Å². The molecule has 2 heterocycles. The highest BCUT2D eigenvalue weighted by Crippen LogP contribution is 2.16. The molecule has 2 rings (SSSR count). The van der Waals surface area contributed by atoms with Crippen LogP contribution in [-0.4, -0.2) is 70.7 Å². The average Bonchev–Trinajstić information content (AvgIpc) is 3.17. The first-order valence-electron chi connectivity index (χ1n) is 6.10. The van der Waals surface area contributed by atoms with Gasteiger partial charge >= 0.3 is 6.18 Å². The molecule has 0 spiro atoms. The Kier molecular flexibility index (Phi) is 5.40. The number of epoxide rings is 2. The van der Waals surface area contributed by atoms with Gasteiger partial charge in [-0.3, -0.25) is 0 Å². The molecule has 0 aliphatic carbocycles. The Morgan fingerprint density at radius 3 is 2.16 bits per heavy atom. The lowest BCUT2D eigenvalue weighted by atomic mass is 10.4. The Morgan fingerprint density at radius 1 is 1.00 bits per heavy atom. The smallest absolute Gasteiger partial charge is 0.376 e. The van der Waals surface area contributed by atoms with E-state index in [-0.39, 0.29) is 25.4 Å². The van der Waals surface area contributed by atoms with Crippen LogP contribution in [0.1, 0.15) is 0 Å². The van der Waals surface area contributed by atoms with Crippen LogP contribution in [0.5, 0.6) is 0 Å². The molecule has 0 saturated carbocycles. The Morgan fingerprint density at radius 2 is 1.58 bits per heavy atom. The lowest BCUT2D eigenvalue weighted by Gasteiger charge is -2.18. The Balaban J connectivity index is 1.59. The maximum atomic E-state index is 12.0. The van der Waals surface area contributed by atoms with Gasteiger partial charge in [0.05, 0.1) is 39.6 Å². The number of halogens is 3. The van der Waals surface area contributed by atoms with E-state index in [9.17, 15) is 13.2 Å². The summed E-state index contributed by atoms with van der Waals surface area (Å²) in [5.41, 5.74) is 0. The van der Waals surface area contributed by atoms with Crippen LogP contribution >= 0.6 is 0 Å². The lowest BCUT2D eigenvalue weighted by molar-refractivity contribution is -0.183. The molecule has 0 bridgehead atoms. The van der Waals surface area contributed by atoms with E-state index in [1.54, 1.807) is 0 Å². The minimum absolute atomic E-state index is 0.0527. The van der Waals surface area contributed by atoms with Crippen molar-refractivity contribution in [3.63, 3.8) is 0 Å². The molecule has 3 unspecified atom stereocenters. The summed E-state index contributed by atoms with van der Waals surface area (Å²) in [6.45, 7) is 0.835. The van der Waals surface area contributed by atoms with Crippen molar-refractivity contribution >= 4 is 0 Å². The number of hydrogen-bond acceptors (Lipinski definition) is 5. The van der Waals surface area contributed by atoms with Crippen molar-refractivity contribution in [1.82, 2.24) is 0 Å². The molecule has 0 aromatic rings. The van der Waals surface area contributed by atoms with Crippen LogP contribution in [0.3, 0.4) is 0 Å². The van der Waals surface area contributed by atoms with Crippen molar-refractivity contribution in [3.8, 4) is 0 Å². The molecule has 3 atom stereocenters. The minimum Gasteiger partial charge on any atom is -0.376 e. The van der Waals surface area contributed by atoms with E-state index in [1.165, 1.54) is 0 Å². The summed E-state index contributed by atoms with van der Waals surface area (Å²) < 4.78 is 61.1. The van der Waals surface area contributed by atoms with Crippen molar-refractivity contribution in [2.24, 2.45) is 0 Å². The van der Waals surface area contributed by atoms with E-state index in [1.807, 2.05) is 0 Å². The minimum atomic E-state index is -4.33. The van der Waals surface area contributed by atoms with E-state index < -0.39 is 18.9 Å². The van der Waals surface area contributed by atoms with Crippen molar-refractivity contribution < 1.29 is 36.9 Å². The van der Waals surface area contributed by atoms with E-state index in [0.29, 0.717) is 26.4 Å². The van der Waals surface area contributed by atoms with Gasteiger partial charge in [0, 0.05) is 0 Å². The summed E-state index contributed by atoms with van der Waals surface area (Å²) in [4.78, 5) is 0. The van der Waals surface area contributed by atoms with Crippen LogP contribution < -0.4 is 0 Å². The fourth-order valence-corrected chi connectivity index (χ4v) is 1.35. The van der Waals surface area contributed by atoms with Crippen LogP contribution in [0.15, 0.2) is 0 Å². The molecule has 112 valence electrons. The van der Waals surface area contributed by atoms with Gasteiger partial charge in [-0.25, -0.2) is 0 Å². The predicted molar refractivity (Wildman–Crippen MR) is 56.9 cm³/mol. The normalized spacial score (nSPS) is 27.3. The highest BCUT2D eigenvalue weighted by Gasteiger charge is 2.29. The van der Waals surface area contributed by atoms with Crippen LogP contribution in [0.4, 0.5) is 13.2 Å². The molecule has 8 heteroatoms. The van der Waals surface area contributed by atoms with Gasteiger partial charge in [0.1, 0.15) is 24.9 Å². The van der Waals surface area contributed by atoms with Gasteiger partial charge < -0.3 is 23.7 Å². The zero-order valence-electron chi connectivity index (χ0n) is 10.4. The molecule has 2 saturated heterocycles. The molecular weight excluding hydrogens is 269 g/mol. The van der Waals surface area contributed by atoms with Crippen LogP contribution in [0.25, 0.3) is 0 Å². The Bertz CT molecular complexity index is 266. The van der Waals surface area contributed by atoms with Gasteiger partial charge in [0.15, 0.2) is 0 Å². The summed E-state index contributed by atoms with van der Waals surface area (Å²) in [5.74, 6) is 0. The largest absolute Gasteiger partial charge is 0.411 e. The first-order valence-corrected chi connectivity index (χ1v) is 6.10. The fraction of sp³-hybridized carbons (Fsp3) is 1.00. The van der Waals surface area contributed by atoms with Crippen molar-refractivity contribution in [1.29, 1.82) is 0 Å². The lowest BCUT2D eigenvalue weighted by Crippen LogP contribution is -2.30. The molecular formula is C11H17F3O5. The molecule has 0 amide bonds. The van der Waals surface area contributed by atoms with Crippen molar-refractivity contribution in [3.05, 3.63) is 0 Å². The summed E-state index contributed by atoms with van der Waals surface area (Å²) in [7, 11) is 0. The van der Waals surface area contributed by atoms with Gasteiger partial charge in [-0.1, -0.05) is 0 Å². The van der Waals surface area contributed by atoms with E-state index >= 15 is 0 Å². The summed E-state index contributed by atoms with van der Waals surface area (Å²) in [6.07, 6.45) is -4.68. The molecule has 0 aromatic heterocycles. The molecule has 5 nitrogen and oxygen atoms in total. The third-order valence-corrected chi connectivity index (χ3v) is 2.50. The fourth-order valence-electron chi connectivity index (χ4n) is 1.35. The quantitative estimate of drug-likeness (QED) is 0.555. The third-order valence-electron chi connectivity index (χ3n) is 2.50. The number of hydrogen-bond donors (Lipinski definition) is 0. The highest BCUT2D eigenvalue weighted by atomic mass is 19.4. The maximum Gasteiger partial charge on any atom is 0.411 e. The molecule has 2 aliphatic rings. The maximum absolute atomic E-state index is 12.0. The van der Waals surface area contributed by atoms with Crippen LogP contribution in [-0.2, 0) is 23.7 Å². The summed E-state index contributed by atoms with van der Waals surface area (Å²) in [6, 6.07) is 0. The molecule has 2 aliphatic heterocycles. The van der Waals surface area contributed by atoms with Crippen molar-refractivity contribution in [2.45, 2.75) is 24.5 Å². The predicted octanol–water partition coefficient (Wildman–Crippen LogP) is 0.765. The average molecular weight is 286 g/mol. The standard InChI is InChI=1S/C11H17F3O5/c12-11(13,14)7-16-3-8(17-5-10-6-19-10)1-15-2-9-4-18-9/h8-10H,1-7H2. The van der Waals surface area contributed by atoms with E-state index in [0.717, 1.165) is 0 Å². The molecule has 0 radical (unpaired) electrons. The second-order valence-electron chi connectivity index (χ2n) is 4.53. The summed E-state index contributed by atoms with van der Waals surface area (Å²) in [5, 5.41) is 0. The second-order valence-corrected chi connectivity index (χ2v) is 4.53. The summed E-state index contributed by atoms with van der Waals surface area (Å²) >= 11 is 0. The zero-order chi connectivity index (χ0) is 13.7. The molecule has 2 fully saturated rings. The van der Waals surface area contributed by atoms with Gasteiger partial charge in [0.2, 0.25) is 0 Å². The first kappa shape index (κ1) is 15.0. The van der Waals surface area contributed by atoms with E-state index in [2.05, 4.69) is 4.74 Å². The first-order chi connectivity index (χ1) is 9.03. The molecule has 0 N–H and O–H groups in total. The van der Waals surface area contributed by atoms with Gasteiger partial charge in [-0.2, -0.15) is 13.2 Å². The van der Waals surface area contributed by atoms with Gasteiger partial charge in [0.25, 0.3) is 0 Å². The van der Waals surface area contributed by atoms with Gasteiger partial charge in [-0.15, -0.1) is 0 Å². The SMILES string of the molecule is FC(F)(F)COCC(COCC1CO1)OCC1CO1. The highest BCUT2D eigenvalue weighted by molar-refractivity contribution is 4.70. The third kappa shape index (κ3) is 7.68. The number of rotatable bonds is 10. The second kappa shape index (κ2) is 6.85.